The third-order valence-electron chi connectivity index (χ3n) is 3.43. The molecule has 1 heterocycles. The fourth-order valence-corrected chi connectivity index (χ4v) is 2.40. The van der Waals surface area contributed by atoms with Crippen LogP contribution in [0.5, 0.6) is 0 Å². The molecule has 0 spiro atoms. The van der Waals surface area contributed by atoms with Crippen molar-refractivity contribution in [2.24, 2.45) is 0 Å². The molecular formula is C15H29O2. The first kappa shape index (κ1) is 15.0. The fourth-order valence-electron chi connectivity index (χ4n) is 2.40. The van der Waals surface area contributed by atoms with E-state index in [1.165, 1.54) is 44.9 Å². The molecule has 17 heavy (non-hydrogen) atoms. The molecule has 0 N–H and O–H groups in total. The molecular weight excluding hydrogens is 212 g/mol. The Morgan fingerprint density at radius 1 is 1.00 bits per heavy atom. The summed E-state index contributed by atoms with van der Waals surface area (Å²) in [5.74, 6) is 0. The average Bonchev–Trinajstić information content (AvgIpc) is 2.33. The van der Waals surface area contributed by atoms with Crippen molar-refractivity contribution in [3.63, 3.8) is 0 Å². The van der Waals surface area contributed by atoms with Crippen LogP contribution in [0.15, 0.2) is 0 Å². The fraction of sp³-hybridized carbons (Fsp3) is 0.933. The Kier molecular flexibility index (Phi) is 7.87. The second-order valence-electron chi connectivity index (χ2n) is 5.15. The Bertz CT molecular complexity index is 182. The van der Waals surface area contributed by atoms with Crippen LogP contribution in [-0.2, 0) is 9.47 Å². The SMILES string of the molecule is [CH2][C@@H]1C[C@H](CCCCCCCC)O[C@H](CC)O1. The van der Waals surface area contributed by atoms with Crippen LogP contribution in [0.3, 0.4) is 0 Å². The first-order valence-electron chi connectivity index (χ1n) is 7.40. The summed E-state index contributed by atoms with van der Waals surface area (Å²) in [6.07, 6.45) is 11.7. The number of rotatable bonds is 8. The van der Waals surface area contributed by atoms with Crippen LogP contribution in [0.2, 0.25) is 0 Å². The van der Waals surface area contributed by atoms with Crippen molar-refractivity contribution < 1.29 is 9.47 Å². The zero-order valence-corrected chi connectivity index (χ0v) is 11.6. The number of ether oxygens (including phenoxy) is 2. The molecule has 2 heteroatoms. The minimum atomic E-state index is -0.0173. The van der Waals surface area contributed by atoms with Gasteiger partial charge in [-0.2, -0.15) is 0 Å². The van der Waals surface area contributed by atoms with Crippen molar-refractivity contribution in [3.05, 3.63) is 6.92 Å². The lowest BCUT2D eigenvalue weighted by Crippen LogP contribution is -2.36. The van der Waals surface area contributed by atoms with Crippen LogP contribution in [-0.4, -0.2) is 18.5 Å². The van der Waals surface area contributed by atoms with E-state index in [2.05, 4.69) is 20.8 Å². The largest absolute Gasteiger partial charge is 0.349 e. The normalized spacial score (nSPS) is 29.5. The van der Waals surface area contributed by atoms with Gasteiger partial charge in [-0.25, -0.2) is 0 Å². The van der Waals surface area contributed by atoms with E-state index in [1.807, 2.05) is 0 Å². The molecule has 0 aromatic heterocycles. The molecule has 0 aromatic rings. The molecule has 1 fully saturated rings. The topological polar surface area (TPSA) is 18.5 Å². The van der Waals surface area contributed by atoms with Gasteiger partial charge in [0.1, 0.15) is 0 Å². The van der Waals surface area contributed by atoms with Crippen LogP contribution in [0.1, 0.15) is 71.6 Å². The molecule has 0 saturated carbocycles. The predicted molar refractivity (Wildman–Crippen MR) is 71.8 cm³/mol. The van der Waals surface area contributed by atoms with E-state index in [0.29, 0.717) is 6.10 Å². The van der Waals surface area contributed by atoms with Gasteiger partial charge in [-0.05, 0) is 26.2 Å². The molecule has 0 unspecified atom stereocenters. The van der Waals surface area contributed by atoms with Crippen LogP contribution >= 0.6 is 0 Å². The molecule has 0 bridgehead atoms. The molecule has 1 rings (SSSR count). The lowest BCUT2D eigenvalue weighted by molar-refractivity contribution is -0.234. The van der Waals surface area contributed by atoms with E-state index in [4.69, 9.17) is 9.47 Å². The predicted octanol–water partition coefficient (Wildman–Crippen LogP) is 4.48. The van der Waals surface area contributed by atoms with Crippen LogP contribution < -0.4 is 0 Å². The molecule has 2 nitrogen and oxygen atoms in total. The Balaban J connectivity index is 2.05. The van der Waals surface area contributed by atoms with Gasteiger partial charge in [0.15, 0.2) is 6.29 Å². The molecule has 0 aromatic carbocycles. The summed E-state index contributed by atoms with van der Waals surface area (Å²) in [4.78, 5) is 0. The second-order valence-corrected chi connectivity index (χ2v) is 5.15. The molecule has 3 atom stereocenters. The summed E-state index contributed by atoms with van der Waals surface area (Å²) >= 11 is 0. The highest BCUT2D eigenvalue weighted by Gasteiger charge is 2.25. The molecule has 1 radical (unpaired) electrons. The van der Waals surface area contributed by atoms with Gasteiger partial charge in [0.05, 0.1) is 12.2 Å². The third-order valence-corrected chi connectivity index (χ3v) is 3.43. The average molecular weight is 241 g/mol. The maximum Gasteiger partial charge on any atom is 0.158 e. The highest BCUT2D eigenvalue weighted by molar-refractivity contribution is 4.73. The molecule has 0 amide bonds. The Morgan fingerprint density at radius 3 is 2.41 bits per heavy atom. The van der Waals surface area contributed by atoms with Crippen molar-refractivity contribution in [2.75, 3.05) is 0 Å². The Labute approximate surface area is 107 Å². The number of hydrogen-bond donors (Lipinski definition) is 0. The minimum absolute atomic E-state index is 0.0173. The van der Waals surface area contributed by atoms with Gasteiger partial charge < -0.3 is 9.47 Å². The zero-order chi connectivity index (χ0) is 12.5. The molecule has 101 valence electrons. The summed E-state index contributed by atoms with van der Waals surface area (Å²) in [7, 11) is 0. The van der Waals surface area contributed by atoms with E-state index in [0.717, 1.165) is 12.8 Å². The standard InChI is InChI=1S/C15H29O2/c1-4-6-7-8-9-10-11-14-12-13(3)16-15(5-2)17-14/h13-15H,3-12H2,1-2H3/t13-,14+,15-/m1/s1. The van der Waals surface area contributed by atoms with Gasteiger partial charge in [-0.15, -0.1) is 0 Å². The van der Waals surface area contributed by atoms with Gasteiger partial charge in [0, 0.05) is 0 Å². The van der Waals surface area contributed by atoms with Gasteiger partial charge in [0.2, 0.25) is 0 Å². The van der Waals surface area contributed by atoms with Crippen LogP contribution in [0.25, 0.3) is 0 Å². The van der Waals surface area contributed by atoms with Gasteiger partial charge in [-0.3, -0.25) is 0 Å². The zero-order valence-electron chi connectivity index (χ0n) is 11.6. The first-order chi connectivity index (χ1) is 8.26. The molecule has 0 aliphatic carbocycles. The molecule has 1 saturated heterocycles. The van der Waals surface area contributed by atoms with Crippen molar-refractivity contribution in [1.82, 2.24) is 0 Å². The lowest BCUT2D eigenvalue weighted by atomic mass is 10.0. The van der Waals surface area contributed by atoms with Gasteiger partial charge >= 0.3 is 0 Å². The monoisotopic (exact) mass is 241 g/mol. The summed E-state index contributed by atoms with van der Waals surface area (Å²) in [6.45, 7) is 8.37. The summed E-state index contributed by atoms with van der Waals surface area (Å²) in [5.41, 5.74) is 0. The van der Waals surface area contributed by atoms with E-state index in [9.17, 15) is 0 Å². The highest BCUT2D eigenvalue weighted by atomic mass is 16.7. The minimum Gasteiger partial charge on any atom is -0.349 e. The quantitative estimate of drug-likeness (QED) is 0.583. The lowest BCUT2D eigenvalue weighted by Gasteiger charge is -2.33. The number of unbranched alkanes of at least 4 members (excludes halogenated alkanes) is 5. The van der Waals surface area contributed by atoms with Gasteiger partial charge in [0.25, 0.3) is 0 Å². The van der Waals surface area contributed by atoms with Crippen molar-refractivity contribution in [3.8, 4) is 0 Å². The Morgan fingerprint density at radius 2 is 1.71 bits per heavy atom. The van der Waals surface area contributed by atoms with E-state index < -0.39 is 0 Å². The van der Waals surface area contributed by atoms with Crippen molar-refractivity contribution in [2.45, 2.75) is 90.1 Å². The van der Waals surface area contributed by atoms with Crippen LogP contribution in [0.4, 0.5) is 0 Å². The van der Waals surface area contributed by atoms with Crippen molar-refractivity contribution in [1.29, 1.82) is 0 Å². The summed E-state index contributed by atoms with van der Waals surface area (Å²) in [6, 6.07) is 0. The molecule has 1 aliphatic heterocycles. The third kappa shape index (κ3) is 6.42. The molecule has 1 aliphatic rings. The second kappa shape index (κ2) is 8.93. The van der Waals surface area contributed by atoms with E-state index in [-0.39, 0.29) is 12.4 Å². The maximum atomic E-state index is 5.87. The number of hydrogen-bond acceptors (Lipinski definition) is 2. The van der Waals surface area contributed by atoms with Gasteiger partial charge in [-0.1, -0.05) is 52.4 Å². The highest BCUT2D eigenvalue weighted by Crippen LogP contribution is 2.23. The summed E-state index contributed by atoms with van der Waals surface area (Å²) < 4.78 is 11.5. The first-order valence-corrected chi connectivity index (χ1v) is 7.40. The smallest absolute Gasteiger partial charge is 0.158 e. The van der Waals surface area contributed by atoms with E-state index in [1.54, 1.807) is 0 Å². The Hall–Kier alpha value is -0.0800. The van der Waals surface area contributed by atoms with Crippen LogP contribution in [0, 0.1) is 6.92 Å². The summed E-state index contributed by atoms with van der Waals surface area (Å²) in [5, 5.41) is 0. The maximum absolute atomic E-state index is 5.87. The van der Waals surface area contributed by atoms with E-state index >= 15 is 0 Å². The van der Waals surface area contributed by atoms with Crippen molar-refractivity contribution >= 4 is 0 Å².